The van der Waals surface area contributed by atoms with E-state index in [1.165, 1.54) is 4.90 Å². The summed E-state index contributed by atoms with van der Waals surface area (Å²) in [5.41, 5.74) is 1.15. The lowest BCUT2D eigenvalue weighted by atomic mass is 9.95. The summed E-state index contributed by atoms with van der Waals surface area (Å²) in [5.74, 6) is -0.923. The summed E-state index contributed by atoms with van der Waals surface area (Å²) in [4.78, 5) is 27.5. The van der Waals surface area contributed by atoms with Gasteiger partial charge in [-0.15, -0.1) is 0 Å². The maximum Gasteiger partial charge on any atom is 0.295 e. The van der Waals surface area contributed by atoms with Gasteiger partial charge in [-0.3, -0.25) is 9.59 Å². The second kappa shape index (κ2) is 9.12. The molecule has 162 valence electrons. The molecule has 2 aliphatic rings. The summed E-state index contributed by atoms with van der Waals surface area (Å²) < 4.78 is 11.1. The first-order valence-corrected chi connectivity index (χ1v) is 10.8. The van der Waals surface area contributed by atoms with Crippen LogP contribution in [0, 0.1) is 0 Å². The maximum absolute atomic E-state index is 13.0. The molecule has 4 rings (SSSR count). The van der Waals surface area contributed by atoms with Gasteiger partial charge in [0.15, 0.2) is 0 Å². The molecular weight excluding hydrogens is 418 g/mol. The number of hydrogen-bond donors (Lipinski definition) is 1. The van der Waals surface area contributed by atoms with Crippen molar-refractivity contribution in [2.75, 3.05) is 19.8 Å². The number of carbonyl (C=O) groups is 2. The number of hydrogen-bond acceptors (Lipinski definition) is 5. The molecule has 2 saturated heterocycles. The van der Waals surface area contributed by atoms with Crippen LogP contribution < -0.4 is 4.74 Å². The van der Waals surface area contributed by atoms with Gasteiger partial charge >= 0.3 is 0 Å². The molecule has 2 heterocycles. The van der Waals surface area contributed by atoms with E-state index < -0.39 is 17.7 Å². The molecule has 2 aromatic rings. The van der Waals surface area contributed by atoms with Gasteiger partial charge in [-0.05, 0) is 61.7 Å². The standard InChI is InChI=1S/C24H24ClNO5/c1-2-30-18-10-8-15(9-11-18)22(27)20-21(16-5-3-6-17(25)13-16)26(24(29)23(20)28)14-19-7-4-12-31-19/h3,5-6,8-11,13,19,21,27H,2,4,7,12,14H2,1H3/b22-20+. The maximum atomic E-state index is 13.0. The molecule has 7 heteroatoms. The molecule has 2 unspecified atom stereocenters. The van der Waals surface area contributed by atoms with Crippen molar-refractivity contribution >= 4 is 29.1 Å². The van der Waals surface area contributed by atoms with Crippen LogP contribution in [-0.2, 0) is 14.3 Å². The zero-order valence-electron chi connectivity index (χ0n) is 17.2. The van der Waals surface area contributed by atoms with E-state index in [4.69, 9.17) is 21.1 Å². The zero-order chi connectivity index (χ0) is 22.0. The van der Waals surface area contributed by atoms with E-state index in [2.05, 4.69) is 0 Å². The number of aliphatic hydroxyl groups excluding tert-OH is 1. The predicted octanol–water partition coefficient (Wildman–Crippen LogP) is 4.34. The predicted molar refractivity (Wildman–Crippen MR) is 117 cm³/mol. The van der Waals surface area contributed by atoms with E-state index in [0.29, 0.717) is 35.1 Å². The number of carbonyl (C=O) groups excluding carboxylic acids is 2. The number of nitrogens with zero attached hydrogens (tertiary/aromatic N) is 1. The number of amides is 1. The van der Waals surface area contributed by atoms with Crippen LogP contribution in [-0.4, -0.2) is 47.6 Å². The molecular formula is C24H24ClNO5. The number of rotatable bonds is 6. The number of Topliss-reactive ketones (excluding diaryl/α,β-unsaturated/α-hetero) is 1. The molecule has 0 aromatic heterocycles. The van der Waals surface area contributed by atoms with Crippen molar-refractivity contribution in [3.05, 3.63) is 70.3 Å². The largest absolute Gasteiger partial charge is 0.507 e. The minimum atomic E-state index is -0.741. The van der Waals surface area contributed by atoms with Crippen LogP contribution in [0.25, 0.3) is 5.76 Å². The van der Waals surface area contributed by atoms with Gasteiger partial charge in [0.2, 0.25) is 0 Å². The molecule has 2 aliphatic heterocycles. The Morgan fingerprint density at radius 1 is 1.23 bits per heavy atom. The lowest BCUT2D eigenvalue weighted by Crippen LogP contribution is -2.36. The normalized spacial score (nSPS) is 22.8. The van der Waals surface area contributed by atoms with E-state index >= 15 is 0 Å². The van der Waals surface area contributed by atoms with E-state index in [9.17, 15) is 14.7 Å². The Morgan fingerprint density at radius 2 is 2.00 bits per heavy atom. The molecule has 2 fully saturated rings. The lowest BCUT2D eigenvalue weighted by Gasteiger charge is -2.27. The fraction of sp³-hybridized carbons (Fsp3) is 0.333. The molecule has 1 amide bonds. The third-order valence-corrected chi connectivity index (χ3v) is 5.80. The minimum Gasteiger partial charge on any atom is -0.507 e. The van der Waals surface area contributed by atoms with Crippen molar-refractivity contribution in [3.8, 4) is 5.75 Å². The van der Waals surface area contributed by atoms with Gasteiger partial charge in [0.05, 0.1) is 24.3 Å². The third kappa shape index (κ3) is 4.31. The van der Waals surface area contributed by atoms with Crippen molar-refractivity contribution in [2.24, 2.45) is 0 Å². The van der Waals surface area contributed by atoms with Crippen molar-refractivity contribution in [3.63, 3.8) is 0 Å². The molecule has 0 spiro atoms. The van der Waals surface area contributed by atoms with Crippen molar-refractivity contribution < 1.29 is 24.2 Å². The van der Waals surface area contributed by atoms with E-state index in [-0.39, 0.29) is 24.0 Å². The number of aliphatic hydroxyl groups is 1. The van der Waals surface area contributed by atoms with E-state index in [1.807, 2.05) is 6.92 Å². The van der Waals surface area contributed by atoms with Crippen molar-refractivity contribution in [1.82, 2.24) is 4.90 Å². The molecule has 0 bridgehead atoms. The summed E-state index contributed by atoms with van der Waals surface area (Å²) in [6.07, 6.45) is 1.61. The topological polar surface area (TPSA) is 76.1 Å². The molecule has 0 radical (unpaired) electrons. The minimum absolute atomic E-state index is 0.0504. The second-order valence-corrected chi connectivity index (χ2v) is 8.04. The number of halogens is 1. The summed E-state index contributed by atoms with van der Waals surface area (Å²) in [6, 6.07) is 13.0. The lowest BCUT2D eigenvalue weighted by molar-refractivity contribution is -0.140. The highest BCUT2D eigenvalue weighted by Gasteiger charge is 2.47. The molecule has 0 aliphatic carbocycles. The van der Waals surface area contributed by atoms with Crippen molar-refractivity contribution in [1.29, 1.82) is 0 Å². The zero-order valence-corrected chi connectivity index (χ0v) is 18.0. The van der Waals surface area contributed by atoms with E-state index in [1.54, 1.807) is 48.5 Å². The van der Waals surface area contributed by atoms with Crippen LogP contribution in [0.4, 0.5) is 0 Å². The van der Waals surface area contributed by atoms with Crippen LogP contribution in [0.2, 0.25) is 5.02 Å². The van der Waals surface area contributed by atoms with E-state index in [0.717, 1.165) is 12.8 Å². The number of ether oxygens (including phenoxy) is 2. The second-order valence-electron chi connectivity index (χ2n) is 7.60. The highest BCUT2D eigenvalue weighted by molar-refractivity contribution is 6.46. The first-order chi connectivity index (χ1) is 15.0. The Labute approximate surface area is 186 Å². The summed E-state index contributed by atoms with van der Waals surface area (Å²) in [6.45, 7) is 3.33. The fourth-order valence-corrected chi connectivity index (χ4v) is 4.33. The Hall–Kier alpha value is -2.83. The van der Waals surface area contributed by atoms with Crippen LogP contribution >= 0.6 is 11.6 Å². The average molecular weight is 442 g/mol. The molecule has 2 aromatic carbocycles. The average Bonchev–Trinajstić information content (AvgIpc) is 3.36. The Bertz CT molecular complexity index is 1010. The Kier molecular flexibility index (Phi) is 6.30. The molecule has 2 atom stereocenters. The van der Waals surface area contributed by atoms with Crippen LogP contribution in [0.1, 0.15) is 36.9 Å². The SMILES string of the molecule is CCOc1ccc(/C(O)=C2\C(=O)C(=O)N(CC3CCCO3)C2c2cccc(Cl)c2)cc1. The van der Waals surface area contributed by atoms with Gasteiger partial charge in [0.1, 0.15) is 11.5 Å². The van der Waals surface area contributed by atoms with Crippen LogP contribution in [0.5, 0.6) is 5.75 Å². The highest BCUT2D eigenvalue weighted by Crippen LogP contribution is 2.40. The van der Waals surface area contributed by atoms with Crippen LogP contribution in [0.3, 0.4) is 0 Å². The van der Waals surface area contributed by atoms with Gasteiger partial charge in [-0.25, -0.2) is 0 Å². The Balaban J connectivity index is 1.78. The van der Waals surface area contributed by atoms with Gasteiger partial charge in [0.25, 0.3) is 11.7 Å². The smallest absolute Gasteiger partial charge is 0.295 e. The first kappa shape index (κ1) is 21.4. The molecule has 6 nitrogen and oxygen atoms in total. The third-order valence-electron chi connectivity index (χ3n) is 5.57. The number of benzene rings is 2. The highest BCUT2D eigenvalue weighted by atomic mass is 35.5. The number of ketones is 1. The van der Waals surface area contributed by atoms with Gasteiger partial charge in [-0.2, -0.15) is 0 Å². The summed E-state index contributed by atoms with van der Waals surface area (Å²) >= 11 is 6.20. The van der Waals surface area contributed by atoms with Crippen molar-refractivity contribution in [2.45, 2.75) is 31.9 Å². The fourth-order valence-electron chi connectivity index (χ4n) is 4.13. The van der Waals surface area contributed by atoms with Gasteiger partial charge in [0, 0.05) is 23.7 Å². The molecule has 1 N–H and O–H groups in total. The monoisotopic (exact) mass is 441 g/mol. The summed E-state index contributed by atoms with van der Waals surface area (Å²) in [7, 11) is 0. The van der Waals surface area contributed by atoms with Gasteiger partial charge in [-0.1, -0.05) is 23.7 Å². The summed E-state index contributed by atoms with van der Waals surface area (Å²) in [5, 5.41) is 11.6. The first-order valence-electron chi connectivity index (χ1n) is 10.4. The number of likely N-dealkylation sites (tertiary alicyclic amines) is 1. The van der Waals surface area contributed by atoms with Crippen LogP contribution in [0.15, 0.2) is 54.1 Å². The molecule has 31 heavy (non-hydrogen) atoms. The quantitative estimate of drug-likeness (QED) is 0.410. The molecule has 0 saturated carbocycles. The van der Waals surface area contributed by atoms with Gasteiger partial charge < -0.3 is 19.5 Å². The Morgan fingerprint density at radius 3 is 2.65 bits per heavy atom.